The Labute approximate surface area is 79.5 Å². The highest BCUT2D eigenvalue weighted by atomic mass is 19.3. The summed E-state index contributed by atoms with van der Waals surface area (Å²) in [5.74, 6) is -0.626. The number of alkyl halides is 2. The van der Waals surface area contributed by atoms with Crippen LogP contribution in [0.3, 0.4) is 0 Å². The lowest BCUT2D eigenvalue weighted by molar-refractivity contribution is -0.159. The van der Waals surface area contributed by atoms with Crippen molar-refractivity contribution in [3.05, 3.63) is 29.6 Å². The van der Waals surface area contributed by atoms with Crippen molar-refractivity contribution in [1.29, 1.82) is 0 Å². The van der Waals surface area contributed by atoms with Crippen molar-refractivity contribution in [2.75, 3.05) is 0 Å². The van der Waals surface area contributed by atoms with Gasteiger partial charge in [0.2, 0.25) is 0 Å². The molecule has 5 heteroatoms. The van der Waals surface area contributed by atoms with Crippen molar-refractivity contribution in [3.8, 4) is 5.75 Å². The standard InChI is InChI=1S/C9H10F3NO/c1-9(11,12)14-7-2-3-8(10)6(4-7)5-13/h2-4H,5,13H2,1H3. The van der Waals surface area contributed by atoms with Gasteiger partial charge in [-0.15, -0.1) is 0 Å². The lowest BCUT2D eigenvalue weighted by Crippen LogP contribution is -2.19. The Bertz CT molecular complexity index is 322. The van der Waals surface area contributed by atoms with Crippen molar-refractivity contribution in [1.82, 2.24) is 0 Å². The van der Waals surface area contributed by atoms with Gasteiger partial charge in [0.15, 0.2) is 0 Å². The fraction of sp³-hybridized carbons (Fsp3) is 0.333. The molecular weight excluding hydrogens is 195 g/mol. The van der Waals surface area contributed by atoms with Crippen LogP contribution < -0.4 is 10.5 Å². The molecule has 0 aliphatic carbocycles. The minimum Gasteiger partial charge on any atom is -0.433 e. The van der Waals surface area contributed by atoms with E-state index in [1.807, 2.05) is 0 Å². The van der Waals surface area contributed by atoms with Gasteiger partial charge in [-0.25, -0.2) is 4.39 Å². The third-order valence-electron chi connectivity index (χ3n) is 1.53. The molecule has 78 valence electrons. The summed E-state index contributed by atoms with van der Waals surface area (Å²) in [6.45, 7) is 0.552. The fourth-order valence-corrected chi connectivity index (χ4v) is 0.978. The van der Waals surface area contributed by atoms with E-state index in [1.54, 1.807) is 0 Å². The van der Waals surface area contributed by atoms with Crippen molar-refractivity contribution in [2.45, 2.75) is 19.6 Å². The number of ether oxygens (including phenoxy) is 1. The summed E-state index contributed by atoms with van der Waals surface area (Å²) in [4.78, 5) is 0. The molecular formula is C9H10F3NO. The van der Waals surface area contributed by atoms with E-state index in [2.05, 4.69) is 4.74 Å². The molecule has 0 bridgehead atoms. The molecule has 1 aromatic rings. The van der Waals surface area contributed by atoms with Gasteiger partial charge >= 0.3 is 6.11 Å². The summed E-state index contributed by atoms with van der Waals surface area (Å²) >= 11 is 0. The Morgan fingerprint density at radius 3 is 2.57 bits per heavy atom. The molecule has 1 aromatic carbocycles. The van der Waals surface area contributed by atoms with E-state index in [0.717, 1.165) is 18.2 Å². The molecule has 1 rings (SSSR count). The molecule has 0 aliphatic heterocycles. The van der Waals surface area contributed by atoms with Crippen LogP contribution in [0.1, 0.15) is 12.5 Å². The van der Waals surface area contributed by atoms with Crippen LogP contribution in [0.15, 0.2) is 18.2 Å². The van der Waals surface area contributed by atoms with Gasteiger partial charge in [-0.1, -0.05) is 0 Å². The van der Waals surface area contributed by atoms with Gasteiger partial charge in [0, 0.05) is 19.0 Å². The van der Waals surface area contributed by atoms with Gasteiger partial charge in [-0.3, -0.25) is 0 Å². The maximum atomic E-state index is 12.9. The Balaban J connectivity index is 2.90. The number of hydrogen-bond donors (Lipinski definition) is 1. The quantitative estimate of drug-likeness (QED) is 0.821. The van der Waals surface area contributed by atoms with Gasteiger partial charge in [-0.2, -0.15) is 8.78 Å². The first-order chi connectivity index (χ1) is 6.42. The van der Waals surface area contributed by atoms with Crippen LogP contribution in [0.4, 0.5) is 13.2 Å². The SMILES string of the molecule is CC(F)(F)Oc1ccc(F)c(CN)c1. The molecule has 0 fully saturated rings. The second-order valence-electron chi connectivity index (χ2n) is 2.87. The molecule has 0 unspecified atom stereocenters. The van der Waals surface area contributed by atoms with Crippen LogP contribution in [0.2, 0.25) is 0 Å². The van der Waals surface area contributed by atoms with E-state index in [4.69, 9.17) is 5.73 Å². The first-order valence-corrected chi connectivity index (χ1v) is 3.98. The molecule has 2 nitrogen and oxygen atoms in total. The predicted octanol–water partition coefficient (Wildman–Crippen LogP) is 2.28. The van der Waals surface area contributed by atoms with Crippen molar-refractivity contribution >= 4 is 0 Å². The summed E-state index contributed by atoms with van der Waals surface area (Å²) in [6, 6.07) is 3.34. The van der Waals surface area contributed by atoms with Gasteiger partial charge in [0.05, 0.1) is 0 Å². The Hall–Kier alpha value is -1.23. The zero-order valence-corrected chi connectivity index (χ0v) is 7.56. The lowest BCUT2D eigenvalue weighted by Gasteiger charge is -2.13. The Morgan fingerprint density at radius 2 is 2.07 bits per heavy atom. The normalized spacial score (nSPS) is 11.5. The summed E-state index contributed by atoms with van der Waals surface area (Å²) in [6.07, 6.45) is -3.27. The van der Waals surface area contributed by atoms with Crippen molar-refractivity contribution < 1.29 is 17.9 Å². The zero-order chi connectivity index (χ0) is 10.8. The van der Waals surface area contributed by atoms with Crippen molar-refractivity contribution in [3.63, 3.8) is 0 Å². The first kappa shape index (κ1) is 10.8. The van der Waals surface area contributed by atoms with E-state index in [1.165, 1.54) is 0 Å². The zero-order valence-electron chi connectivity index (χ0n) is 7.56. The lowest BCUT2D eigenvalue weighted by atomic mass is 10.2. The highest BCUT2D eigenvalue weighted by molar-refractivity contribution is 5.29. The smallest absolute Gasteiger partial charge is 0.394 e. The van der Waals surface area contributed by atoms with Crippen LogP contribution in [-0.2, 0) is 6.54 Å². The summed E-state index contributed by atoms with van der Waals surface area (Å²) in [7, 11) is 0. The molecule has 0 radical (unpaired) electrons. The van der Waals surface area contributed by atoms with Gasteiger partial charge in [0.25, 0.3) is 0 Å². The average molecular weight is 205 g/mol. The van der Waals surface area contributed by atoms with Crippen LogP contribution >= 0.6 is 0 Å². The van der Waals surface area contributed by atoms with Gasteiger partial charge in [-0.05, 0) is 18.2 Å². The van der Waals surface area contributed by atoms with Crippen LogP contribution in [0.25, 0.3) is 0 Å². The monoisotopic (exact) mass is 205 g/mol. The summed E-state index contributed by atoms with van der Waals surface area (Å²) in [5, 5.41) is 0. The minimum atomic E-state index is -3.27. The number of benzene rings is 1. The first-order valence-electron chi connectivity index (χ1n) is 3.98. The van der Waals surface area contributed by atoms with Crippen LogP contribution in [0, 0.1) is 5.82 Å². The fourth-order valence-electron chi connectivity index (χ4n) is 0.978. The second-order valence-corrected chi connectivity index (χ2v) is 2.87. The van der Waals surface area contributed by atoms with E-state index < -0.39 is 11.9 Å². The average Bonchev–Trinajstić information content (AvgIpc) is 2.06. The number of halogens is 3. The minimum absolute atomic E-state index is 0.0572. The van der Waals surface area contributed by atoms with Crippen LogP contribution in [0.5, 0.6) is 5.75 Å². The van der Waals surface area contributed by atoms with E-state index in [-0.39, 0.29) is 17.9 Å². The molecule has 0 aliphatic rings. The number of rotatable bonds is 3. The predicted molar refractivity (Wildman–Crippen MR) is 45.5 cm³/mol. The van der Waals surface area contributed by atoms with Crippen molar-refractivity contribution in [2.24, 2.45) is 5.73 Å². The molecule has 0 heterocycles. The summed E-state index contributed by atoms with van der Waals surface area (Å²) < 4.78 is 41.9. The van der Waals surface area contributed by atoms with E-state index >= 15 is 0 Å². The molecule has 0 spiro atoms. The maximum absolute atomic E-state index is 12.9. The Kier molecular flexibility index (Phi) is 3.00. The number of nitrogens with two attached hydrogens (primary N) is 1. The molecule has 0 aromatic heterocycles. The third kappa shape index (κ3) is 2.92. The van der Waals surface area contributed by atoms with E-state index in [9.17, 15) is 13.2 Å². The number of hydrogen-bond acceptors (Lipinski definition) is 2. The molecule has 2 N–H and O–H groups in total. The van der Waals surface area contributed by atoms with E-state index in [0.29, 0.717) is 6.92 Å². The highest BCUT2D eigenvalue weighted by Crippen LogP contribution is 2.23. The molecule has 0 saturated carbocycles. The van der Waals surface area contributed by atoms with Gasteiger partial charge < -0.3 is 10.5 Å². The summed E-state index contributed by atoms with van der Waals surface area (Å²) in [5.41, 5.74) is 5.35. The second kappa shape index (κ2) is 3.88. The highest BCUT2D eigenvalue weighted by Gasteiger charge is 2.23. The molecule has 14 heavy (non-hydrogen) atoms. The third-order valence-corrected chi connectivity index (χ3v) is 1.53. The van der Waals surface area contributed by atoms with Gasteiger partial charge in [0.1, 0.15) is 11.6 Å². The maximum Gasteiger partial charge on any atom is 0.394 e. The largest absolute Gasteiger partial charge is 0.433 e. The molecule has 0 amide bonds. The molecule has 0 saturated heterocycles. The Morgan fingerprint density at radius 1 is 1.43 bits per heavy atom. The molecule has 0 atom stereocenters. The van der Waals surface area contributed by atoms with Crippen LogP contribution in [-0.4, -0.2) is 6.11 Å². The topological polar surface area (TPSA) is 35.2 Å².